The van der Waals surface area contributed by atoms with E-state index < -0.39 is 5.41 Å². The molecule has 2 aliphatic heterocycles. The number of thiazole rings is 1. The van der Waals surface area contributed by atoms with Gasteiger partial charge in [0.1, 0.15) is 0 Å². The smallest absolute Gasteiger partial charge is 0.231 e. The van der Waals surface area contributed by atoms with E-state index in [1.54, 1.807) is 23.7 Å². The molecule has 1 amide bonds. The molecule has 0 N–H and O–H groups in total. The van der Waals surface area contributed by atoms with Crippen LogP contribution in [0.4, 0.5) is 5.95 Å². The predicted molar refractivity (Wildman–Crippen MR) is 119 cm³/mol. The van der Waals surface area contributed by atoms with Crippen LogP contribution in [0.1, 0.15) is 48.6 Å². The Labute approximate surface area is 186 Å². The van der Waals surface area contributed by atoms with Gasteiger partial charge in [-0.05, 0) is 33.3 Å². The molecular weight excluding hydrogens is 410 g/mol. The van der Waals surface area contributed by atoms with Crippen LogP contribution in [-0.2, 0) is 11.3 Å². The third-order valence-corrected chi connectivity index (χ3v) is 7.34. The second-order valence-corrected chi connectivity index (χ2v) is 9.87. The number of likely N-dealkylation sites (tertiary alicyclic amines) is 1. The molecule has 2 fully saturated rings. The van der Waals surface area contributed by atoms with Crippen molar-refractivity contribution in [1.29, 1.82) is 0 Å². The molecule has 2 saturated heterocycles. The van der Waals surface area contributed by atoms with Gasteiger partial charge in [0.05, 0.1) is 34.7 Å². The van der Waals surface area contributed by atoms with Crippen LogP contribution in [-0.4, -0.2) is 54.9 Å². The Morgan fingerprint density at radius 3 is 2.74 bits per heavy atom. The number of amides is 1. The molecule has 5 heterocycles. The molecule has 0 radical (unpaired) electrons. The molecule has 3 aromatic rings. The molecular formula is C22H27N7OS. The molecule has 9 heteroatoms. The van der Waals surface area contributed by atoms with Gasteiger partial charge in [-0.2, -0.15) is 0 Å². The highest BCUT2D eigenvalue weighted by Crippen LogP contribution is 2.50. The van der Waals surface area contributed by atoms with Gasteiger partial charge in [-0.1, -0.05) is 0 Å². The van der Waals surface area contributed by atoms with Crippen molar-refractivity contribution < 1.29 is 4.79 Å². The maximum Gasteiger partial charge on any atom is 0.231 e. The van der Waals surface area contributed by atoms with Crippen LogP contribution in [0, 0.1) is 12.3 Å². The third kappa shape index (κ3) is 3.50. The number of anilines is 1. The zero-order valence-corrected chi connectivity index (χ0v) is 18.9. The lowest BCUT2D eigenvalue weighted by Crippen LogP contribution is -2.39. The average Bonchev–Trinajstić information content (AvgIpc) is 3.54. The van der Waals surface area contributed by atoms with E-state index in [0.717, 1.165) is 29.4 Å². The van der Waals surface area contributed by atoms with Crippen molar-refractivity contribution >= 4 is 23.2 Å². The number of aromatic nitrogens is 5. The van der Waals surface area contributed by atoms with Gasteiger partial charge >= 0.3 is 0 Å². The first kappa shape index (κ1) is 20.1. The van der Waals surface area contributed by atoms with Crippen LogP contribution < -0.4 is 4.90 Å². The summed E-state index contributed by atoms with van der Waals surface area (Å²) in [5.41, 5.74) is 1.43. The standard InChI is InChI=1S/C22H27N7OS/c1-15(2)29-11-19(25-14-29)18-10-28(21-23-6-4-7-24-21)13-22(18)5-8-27(20(22)30)9-17-12-31-16(3)26-17/h4,6-7,11-12,14-15,18H,5,8-10,13H2,1-3H3. The zero-order chi connectivity index (χ0) is 21.6. The molecule has 5 rings (SSSR count). The number of aryl methyl sites for hydroxylation is 1. The summed E-state index contributed by atoms with van der Waals surface area (Å²) in [7, 11) is 0. The molecule has 0 bridgehead atoms. The number of hydrogen-bond acceptors (Lipinski definition) is 7. The summed E-state index contributed by atoms with van der Waals surface area (Å²) in [4.78, 5) is 36.1. The third-order valence-electron chi connectivity index (χ3n) is 6.51. The minimum atomic E-state index is -0.513. The van der Waals surface area contributed by atoms with Crippen LogP contribution >= 0.6 is 11.3 Å². The van der Waals surface area contributed by atoms with Crippen molar-refractivity contribution in [3.63, 3.8) is 0 Å². The van der Waals surface area contributed by atoms with E-state index in [1.165, 1.54) is 0 Å². The van der Waals surface area contributed by atoms with Gasteiger partial charge in [0.15, 0.2) is 0 Å². The fourth-order valence-electron chi connectivity index (χ4n) is 4.86. The van der Waals surface area contributed by atoms with Gasteiger partial charge in [-0.15, -0.1) is 11.3 Å². The number of nitrogens with zero attached hydrogens (tertiary/aromatic N) is 7. The van der Waals surface area contributed by atoms with Crippen LogP contribution in [0.15, 0.2) is 36.4 Å². The largest absolute Gasteiger partial charge is 0.339 e. The first-order chi connectivity index (χ1) is 15.0. The Kier molecular flexibility index (Phi) is 5.00. The Balaban J connectivity index is 1.47. The molecule has 0 aromatic carbocycles. The molecule has 2 unspecified atom stereocenters. The van der Waals surface area contributed by atoms with Gasteiger partial charge in [-0.3, -0.25) is 4.79 Å². The van der Waals surface area contributed by atoms with Gasteiger partial charge < -0.3 is 14.4 Å². The summed E-state index contributed by atoms with van der Waals surface area (Å²) >= 11 is 1.63. The Hall–Kier alpha value is -2.81. The van der Waals surface area contributed by atoms with Crippen molar-refractivity contribution in [3.8, 4) is 0 Å². The van der Waals surface area contributed by atoms with Crippen LogP contribution in [0.3, 0.4) is 0 Å². The van der Waals surface area contributed by atoms with Gasteiger partial charge in [0.25, 0.3) is 0 Å². The number of carbonyl (C=O) groups is 1. The van der Waals surface area contributed by atoms with Gasteiger partial charge in [0.2, 0.25) is 11.9 Å². The van der Waals surface area contributed by atoms with Gasteiger partial charge in [0, 0.05) is 55.6 Å². The van der Waals surface area contributed by atoms with Crippen molar-refractivity contribution in [1.82, 2.24) is 29.4 Å². The number of hydrogen-bond donors (Lipinski definition) is 0. The molecule has 2 atom stereocenters. The van der Waals surface area contributed by atoms with E-state index in [-0.39, 0.29) is 11.8 Å². The second kappa shape index (κ2) is 7.71. The van der Waals surface area contributed by atoms with E-state index in [0.29, 0.717) is 31.6 Å². The molecule has 1 spiro atoms. The van der Waals surface area contributed by atoms with E-state index >= 15 is 0 Å². The first-order valence-corrected chi connectivity index (χ1v) is 11.6. The van der Waals surface area contributed by atoms with E-state index in [2.05, 4.69) is 44.5 Å². The molecule has 0 aliphatic carbocycles. The topological polar surface area (TPSA) is 80.0 Å². The Morgan fingerprint density at radius 2 is 2.06 bits per heavy atom. The maximum absolute atomic E-state index is 13.8. The lowest BCUT2D eigenvalue weighted by Gasteiger charge is -2.27. The maximum atomic E-state index is 13.8. The molecule has 8 nitrogen and oxygen atoms in total. The molecule has 31 heavy (non-hydrogen) atoms. The quantitative estimate of drug-likeness (QED) is 0.610. The Morgan fingerprint density at radius 1 is 1.26 bits per heavy atom. The van der Waals surface area contributed by atoms with Crippen molar-refractivity contribution in [2.45, 2.75) is 45.7 Å². The number of rotatable bonds is 5. The molecule has 162 valence electrons. The fraction of sp³-hybridized carbons (Fsp3) is 0.500. The predicted octanol–water partition coefficient (Wildman–Crippen LogP) is 3.04. The highest BCUT2D eigenvalue weighted by molar-refractivity contribution is 7.09. The van der Waals surface area contributed by atoms with Crippen molar-refractivity contribution in [2.24, 2.45) is 5.41 Å². The van der Waals surface area contributed by atoms with Gasteiger partial charge in [-0.25, -0.2) is 19.9 Å². The highest BCUT2D eigenvalue weighted by atomic mass is 32.1. The normalized spacial score (nSPS) is 23.6. The van der Waals surface area contributed by atoms with Crippen LogP contribution in [0.2, 0.25) is 0 Å². The Bertz CT molecular complexity index is 1080. The van der Waals surface area contributed by atoms with Crippen molar-refractivity contribution in [2.75, 3.05) is 24.5 Å². The van der Waals surface area contributed by atoms with E-state index in [4.69, 9.17) is 4.98 Å². The summed E-state index contributed by atoms with van der Waals surface area (Å²) in [6.45, 7) is 8.88. The second-order valence-electron chi connectivity index (χ2n) is 8.81. The van der Waals surface area contributed by atoms with E-state index in [9.17, 15) is 4.79 Å². The highest BCUT2D eigenvalue weighted by Gasteiger charge is 2.58. The summed E-state index contributed by atoms with van der Waals surface area (Å²) < 4.78 is 2.11. The lowest BCUT2D eigenvalue weighted by atomic mass is 9.75. The summed E-state index contributed by atoms with van der Waals surface area (Å²) in [5, 5.41) is 3.08. The lowest BCUT2D eigenvalue weighted by molar-refractivity contribution is -0.136. The van der Waals surface area contributed by atoms with Crippen LogP contribution in [0.5, 0.6) is 0 Å². The van der Waals surface area contributed by atoms with Crippen LogP contribution in [0.25, 0.3) is 0 Å². The van der Waals surface area contributed by atoms with E-state index in [1.807, 2.05) is 29.6 Å². The zero-order valence-electron chi connectivity index (χ0n) is 18.1. The summed E-state index contributed by atoms with van der Waals surface area (Å²) in [6.07, 6.45) is 8.29. The average molecular weight is 438 g/mol. The molecule has 3 aromatic heterocycles. The monoisotopic (exact) mass is 437 g/mol. The number of imidazole rings is 1. The fourth-order valence-corrected chi connectivity index (χ4v) is 5.47. The summed E-state index contributed by atoms with van der Waals surface area (Å²) in [6, 6.07) is 2.14. The minimum Gasteiger partial charge on any atom is -0.339 e. The number of carbonyl (C=O) groups excluding carboxylic acids is 1. The first-order valence-electron chi connectivity index (χ1n) is 10.7. The molecule has 2 aliphatic rings. The summed E-state index contributed by atoms with van der Waals surface area (Å²) in [5.74, 6) is 0.876. The van der Waals surface area contributed by atoms with Crippen molar-refractivity contribution in [3.05, 3.63) is 52.8 Å². The molecule has 0 saturated carbocycles. The minimum absolute atomic E-state index is 0.00553. The SMILES string of the molecule is Cc1nc(CN2CCC3(CN(c4ncccn4)CC3c3cn(C(C)C)cn3)C2=O)cs1.